The van der Waals surface area contributed by atoms with Gasteiger partial charge >= 0.3 is 0 Å². The monoisotopic (exact) mass is 315 g/mol. The Bertz CT molecular complexity index is 504. The summed E-state index contributed by atoms with van der Waals surface area (Å²) in [7, 11) is 1.54. The van der Waals surface area contributed by atoms with Crippen molar-refractivity contribution >= 4 is 34.3 Å². The van der Waals surface area contributed by atoms with Gasteiger partial charge in [0.15, 0.2) is 0 Å². The van der Waals surface area contributed by atoms with Gasteiger partial charge < -0.3 is 10.3 Å². The summed E-state index contributed by atoms with van der Waals surface area (Å²) in [6.45, 7) is 0. The molecule has 2 heterocycles. The van der Waals surface area contributed by atoms with Crippen molar-refractivity contribution in [3.8, 4) is 0 Å². The van der Waals surface area contributed by atoms with Crippen LogP contribution in [0.25, 0.3) is 11.7 Å². The highest BCUT2D eigenvalue weighted by Gasteiger charge is 1.99. The van der Waals surface area contributed by atoms with Gasteiger partial charge in [-0.05, 0) is 46.4 Å². The zero-order chi connectivity index (χ0) is 10.8. The number of fused-ring (bicyclic) bond motifs is 1. The van der Waals surface area contributed by atoms with Crippen molar-refractivity contribution in [2.45, 2.75) is 0 Å². The van der Waals surface area contributed by atoms with E-state index in [0.29, 0.717) is 0 Å². The second kappa shape index (κ2) is 4.30. The number of nitrogens with zero attached hydrogens (tertiary/aromatic N) is 2. The van der Waals surface area contributed by atoms with E-state index in [1.165, 1.54) is 7.05 Å². The number of quaternary nitrogens is 1. The molecular formula is C10H10IN3O. The van der Waals surface area contributed by atoms with E-state index < -0.39 is 0 Å². The van der Waals surface area contributed by atoms with Gasteiger partial charge in [-0.15, -0.1) is 0 Å². The average molecular weight is 315 g/mol. The van der Waals surface area contributed by atoms with E-state index in [1.54, 1.807) is 12.3 Å². The topological polar surface area (TPSA) is 44.8 Å². The first-order valence-corrected chi connectivity index (χ1v) is 5.56. The fourth-order valence-corrected chi connectivity index (χ4v) is 1.83. The molecule has 0 radical (unpaired) electrons. The van der Waals surface area contributed by atoms with E-state index in [-0.39, 0.29) is 5.06 Å². The smallest absolute Gasteiger partial charge is 0.138 e. The van der Waals surface area contributed by atoms with Crippen LogP contribution in [-0.2, 0) is 0 Å². The molecule has 1 N–H and O–H groups in total. The number of rotatable bonds is 2. The van der Waals surface area contributed by atoms with Crippen LogP contribution >= 0.6 is 22.6 Å². The van der Waals surface area contributed by atoms with Crippen LogP contribution in [0.4, 0.5) is 0 Å². The number of hydrogen-bond acceptors (Lipinski definition) is 2. The zero-order valence-electron chi connectivity index (χ0n) is 8.14. The van der Waals surface area contributed by atoms with Crippen LogP contribution in [0.5, 0.6) is 0 Å². The summed E-state index contributed by atoms with van der Waals surface area (Å²) in [5, 5.41) is 10.8. The lowest BCUT2D eigenvalue weighted by atomic mass is 10.2. The Kier molecular flexibility index (Phi) is 3.03. The lowest BCUT2D eigenvalue weighted by molar-refractivity contribution is -0.765. The van der Waals surface area contributed by atoms with Gasteiger partial charge in [0.1, 0.15) is 9.35 Å². The van der Waals surface area contributed by atoms with Gasteiger partial charge in [-0.25, -0.2) is 4.98 Å². The van der Waals surface area contributed by atoms with Gasteiger partial charge in [0.05, 0.1) is 19.4 Å². The maximum atomic E-state index is 10.8. The number of imidazole rings is 1. The summed E-state index contributed by atoms with van der Waals surface area (Å²) in [5.41, 5.74) is 1.88. The molecule has 5 heteroatoms. The minimum absolute atomic E-state index is 0.0489. The van der Waals surface area contributed by atoms with Crippen molar-refractivity contribution < 1.29 is 5.06 Å². The average Bonchev–Trinajstić information content (AvgIpc) is 2.57. The highest BCUT2D eigenvalue weighted by Crippen LogP contribution is 2.11. The summed E-state index contributed by atoms with van der Waals surface area (Å²) in [6.07, 6.45) is 7.11. The highest BCUT2D eigenvalue weighted by molar-refractivity contribution is 14.1. The summed E-state index contributed by atoms with van der Waals surface area (Å²) >= 11 is 2.23. The minimum Gasteiger partial charge on any atom is -0.629 e. The third kappa shape index (κ3) is 2.36. The predicted octanol–water partition coefficient (Wildman–Crippen LogP) is 0.922. The van der Waals surface area contributed by atoms with Crippen LogP contribution in [0, 0.1) is 8.91 Å². The van der Waals surface area contributed by atoms with Crippen LogP contribution in [0.15, 0.2) is 30.7 Å². The van der Waals surface area contributed by atoms with E-state index in [0.717, 1.165) is 14.9 Å². The molecule has 0 saturated carbocycles. The van der Waals surface area contributed by atoms with Crippen LogP contribution in [0.3, 0.4) is 0 Å². The molecular weight excluding hydrogens is 305 g/mol. The van der Waals surface area contributed by atoms with E-state index >= 15 is 0 Å². The first kappa shape index (κ1) is 10.6. The SMILES string of the molecule is C[NH+]([O-])/C=C/c1ccn2c(I)cnc2c1. The lowest BCUT2D eigenvalue weighted by Crippen LogP contribution is -2.98. The van der Waals surface area contributed by atoms with Gasteiger partial charge in [-0.2, -0.15) is 0 Å². The van der Waals surface area contributed by atoms with Crippen LogP contribution in [0.1, 0.15) is 5.56 Å². The Labute approximate surface area is 101 Å². The third-order valence-corrected chi connectivity index (χ3v) is 2.80. The molecule has 0 saturated heterocycles. The minimum atomic E-state index is 0.0489. The van der Waals surface area contributed by atoms with Crippen molar-refractivity contribution in [3.05, 3.63) is 45.2 Å². The number of hydroxylamine groups is 2. The Morgan fingerprint density at radius 3 is 3.13 bits per heavy atom. The third-order valence-electron chi connectivity index (χ3n) is 2.00. The van der Waals surface area contributed by atoms with Crippen molar-refractivity contribution in [1.82, 2.24) is 9.38 Å². The van der Waals surface area contributed by atoms with E-state index in [2.05, 4.69) is 27.6 Å². The summed E-state index contributed by atoms with van der Waals surface area (Å²) < 4.78 is 3.07. The number of pyridine rings is 1. The molecule has 15 heavy (non-hydrogen) atoms. The van der Waals surface area contributed by atoms with Crippen LogP contribution in [-0.4, -0.2) is 16.4 Å². The quantitative estimate of drug-likeness (QED) is 0.662. The molecule has 0 aliphatic heterocycles. The van der Waals surface area contributed by atoms with Gasteiger partial charge in [-0.1, -0.05) is 0 Å². The molecule has 1 unspecified atom stereocenters. The van der Waals surface area contributed by atoms with Crippen LogP contribution < -0.4 is 5.06 Å². The number of nitrogens with one attached hydrogen (secondary N) is 1. The zero-order valence-corrected chi connectivity index (χ0v) is 10.3. The first-order valence-electron chi connectivity index (χ1n) is 4.48. The molecule has 2 aromatic heterocycles. The molecule has 4 nitrogen and oxygen atoms in total. The maximum absolute atomic E-state index is 10.8. The summed E-state index contributed by atoms with van der Waals surface area (Å²) in [5.74, 6) is 0. The van der Waals surface area contributed by atoms with Crippen molar-refractivity contribution in [1.29, 1.82) is 0 Å². The number of halogens is 1. The van der Waals surface area contributed by atoms with Crippen molar-refractivity contribution in [2.24, 2.45) is 0 Å². The molecule has 0 amide bonds. The second-order valence-corrected chi connectivity index (χ2v) is 4.32. The Morgan fingerprint density at radius 2 is 2.40 bits per heavy atom. The molecule has 0 aliphatic carbocycles. The molecule has 1 atom stereocenters. The summed E-state index contributed by atoms with van der Waals surface area (Å²) in [4.78, 5) is 4.24. The second-order valence-electron chi connectivity index (χ2n) is 3.21. The van der Waals surface area contributed by atoms with Gasteiger partial charge in [0, 0.05) is 6.20 Å². The molecule has 0 bridgehead atoms. The van der Waals surface area contributed by atoms with Crippen molar-refractivity contribution in [2.75, 3.05) is 7.05 Å². The van der Waals surface area contributed by atoms with Crippen molar-refractivity contribution in [3.63, 3.8) is 0 Å². The Hall–Kier alpha value is -0.920. The molecule has 0 aromatic carbocycles. The van der Waals surface area contributed by atoms with Gasteiger partial charge in [-0.3, -0.25) is 4.40 Å². The normalized spacial score (nSPS) is 13.8. The summed E-state index contributed by atoms with van der Waals surface area (Å²) in [6, 6.07) is 3.90. The Balaban J connectivity index is 2.39. The lowest BCUT2D eigenvalue weighted by Gasteiger charge is -2.08. The predicted molar refractivity (Wildman–Crippen MR) is 67.2 cm³/mol. The first-order chi connectivity index (χ1) is 7.16. The van der Waals surface area contributed by atoms with E-state index in [1.807, 2.05) is 28.9 Å². The Morgan fingerprint density at radius 1 is 1.60 bits per heavy atom. The molecule has 2 aromatic rings. The standard InChI is InChI=1S/C10H10IN3O/c1-13(15)4-2-8-3-5-14-9(11)7-12-10(14)6-8/h2-7,13H,1H3/b4-2+. The van der Waals surface area contributed by atoms with Crippen LogP contribution in [0.2, 0.25) is 0 Å². The largest absolute Gasteiger partial charge is 0.629 e. The molecule has 0 aliphatic rings. The van der Waals surface area contributed by atoms with Gasteiger partial charge in [0.25, 0.3) is 0 Å². The molecule has 0 fully saturated rings. The molecule has 78 valence electrons. The van der Waals surface area contributed by atoms with Gasteiger partial charge in [0.2, 0.25) is 0 Å². The van der Waals surface area contributed by atoms with E-state index in [4.69, 9.17) is 0 Å². The highest BCUT2D eigenvalue weighted by atomic mass is 127. The fourth-order valence-electron chi connectivity index (χ4n) is 1.28. The maximum Gasteiger partial charge on any atom is 0.138 e. The molecule has 0 spiro atoms. The number of hydrogen-bond donors (Lipinski definition) is 1. The van der Waals surface area contributed by atoms with E-state index in [9.17, 15) is 5.21 Å². The fraction of sp³-hybridized carbons (Fsp3) is 0.100. The number of aromatic nitrogens is 2. The molecule has 2 rings (SSSR count).